The molecule has 0 saturated carbocycles. The van der Waals surface area contributed by atoms with Crippen LogP contribution in [-0.2, 0) is 11.2 Å². The number of carboxylic acids is 1. The second-order valence-electron chi connectivity index (χ2n) is 3.95. The lowest BCUT2D eigenvalue weighted by Crippen LogP contribution is -2.11. The largest absolute Gasteiger partial charge is 0.481 e. The Morgan fingerprint density at radius 2 is 2.26 bits per heavy atom. The molecule has 2 aromatic heterocycles. The lowest BCUT2D eigenvalue weighted by molar-refractivity contribution is -0.136. The van der Waals surface area contributed by atoms with Crippen LogP contribution in [0.15, 0.2) is 23.0 Å². The molecule has 0 saturated heterocycles. The molecule has 19 heavy (non-hydrogen) atoms. The number of benzene rings is 1. The fraction of sp³-hybridized carbons (Fsp3) is 0.0909. The number of nitrogens with zero attached hydrogens (tertiary/aromatic N) is 3. The molecular formula is C11H7ClN4O3. The number of nitrogens with one attached hydrogen (secondary N) is 1. The zero-order valence-electron chi connectivity index (χ0n) is 9.42. The highest BCUT2D eigenvalue weighted by molar-refractivity contribution is 6.31. The van der Waals surface area contributed by atoms with Crippen LogP contribution in [0, 0.1) is 0 Å². The Kier molecular flexibility index (Phi) is 2.49. The van der Waals surface area contributed by atoms with Gasteiger partial charge < -0.3 is 10.1 Å². The molecule has 0 amide bonds. The number of aliphatic carboxylic acids is 1. The lowest BCUT2D eigenvalue weighted by Gasteiger charge is -2.00. The third-order valence-electron chi connectivity index (χ3n) is 2.60. The molecule has 0 radical (unpaired) electrons. The fourth-order valence-corrected chi connectivity index (χ4v) is 2.02. The number of hydrogen-bond donors (Lipinski definition) is 2. The van der Waals surface area contributed by atoms with E-state index in [2.05, 4.69) is 15.1 Å². The lowest BCUT2D eigenvalue weighted by atomic mass is 10.3. The summed E-state index contributed by atoms with van der Waals surface area (Å²) >= 11 is 5.85. The summed E-state index contributed by atoms with van der Waals surface area (Å²) in [5.41, 5.74) is 0.727. The monoisotopic (exact) mass is 278 g/mol. The van der Waals surface area contributed by atoms with Crippen LogP contribution in [0.4, 0.5) is 0 Å². The molecule has 0 aliphatic rings. The second-order valence-corrected chi connectivity index (χ2v) is 4.39. The highest BCUT2D eigenvalue weighted by Gasteiger charge is 2.13. The summed E-state index contributed by atoms with van der Waals surface area (Å²) in [6, 6.07) is 4.93. The maximum absolute atomic E-state index is 11.8. The van der Waals surface area contributed by atoms with E-state index in [1.165, 1.54) is 4.52 Å². The van der Waals surface area contributed by atoms with Crippen molar-refractivity contribution in [2.75, 3.05) is 0 Å². The summed E-state index contributed by atoms with van der Waals surface area (Å²) in [5, 5.41) is 13.2. The molecule has 0 bridgehead atoms. The first-order valence-corrected chi connectivity index (χ1v) is 5.71. The van der Waals surface area contributed by atoms with E-state index in [9.17, 15) is 9.59 Å². The van der Waals surface area contributed by atoms with Crippen molar-refractivity contribution < 1.29 is 9.90 Å². The number of H-pyrrole nitrogens is 1. The summed E-state index contributed by atoms with van der Waals surface area (Å²) < 4.78 is 1.32. The van der Waals surface area contributed by atoms with Crippen molar-refractivity contribution in [1.82, 2.24) is 19.6 Å². The number of aromatic nitrogens is 4. The molecule has 2 heterocycles. The average Bonchev–Trinajstić information content (AvgIpc) is 2.72. The molecule has 7 nitrogen and oxygen atoms in total. The number of carboxylic acid groups (broad SMARTS) is 1. The van der Waals surface area contributed by atoms with E-state index in [-0.39, 0.29) is 17.9 Å². The van der Waals surface area contributed by atoms with Gasteiger partial charge in [-0.2, -0.15) is 0 Å². The maximum Gasteiger partial charge on any atom is 0.311 e. The van der Waals surface area contributed by atoms with Gasteiger partial charge in [-0.15, -0.1) is 5.10 Å². The molecular weight excluding hydrogens is 272 g/mol. The molecule has 8 heteroatoms. The number of fused-ring (bicyclic) bond motifs is 3. The zero-order chi connectivity index (χ0) is 13.6. The number of aromatic amines is 1. The smallest absolute Gasteiger partial charge is 0.311 e. The molecule has 0 atom stereocenters. The first-order valence-electron chi connectivity index (χ1n) is 5.33. The van der Waals surface area contributed by atoms with Crippen molar-refractivity contribution in [3.63, 3.8) is 0 Å². The number of carbonyl (C=O) groups is 1. The highest BCUT2D eigenvalue weighted by atomic mass is 35.5. The maximum atomic E-state index is 11.8. The van der Waals surface area contributed by atoms with Crippen molar-refractivity contribution in [2.24, 2.45) is 0 Å². The summed E-state index contributed by atoms with van der Waals surface area (Å²) in [6.45, 7) is 0. The normalized spacial score (nSPS) is 11.2. The van der Waals surface area contributed by atoms with Crippen LogP contribution in [0.2, 0.25) is 5.02 Å². The van der Waals surface area contributed by atoms with Crippen molar-refractivity contribution in [1.29, 1.82) is 0 Å². The van der Waals surface area contributed by atoms with E-state index < -0.39 is 11.5 Å². The molecule has 3 rings (SSSR count). The first-order chi connectivity index (χ1) is 9.04. The Morgan fingerprint density at radius 3 is 3.00 bits per heavy atom. The van der Waals surface area contributed by atoms with Crippen LogP contribution >= 0.6 is 11.6 Å². The molecule has 0 fully saturated rings. The summed E-state index contributed by atoms with van der Waals surface area (Å²) in [6.07, 6.45) is -0.337. The van der Waals surface area contributed by atoms with E-state index in [0.717, 1.165) is 0 Å². The van der Waals surface area contributed by atoms with Gasteiger partial charge in [0.05, 0.1) is 11.0 Å². The van der Waals surface area contributed by atoms with Gasteiger partial charge in [0.1, 0.15) is 6.42 Å². The van der Waals surface area contributed by atoms with Gasteiger partial charge in [0.2, 0.25) is 5.65 Å². The third-order valence-corrected chi connectivity index (χ3v) is 2.83. The van der Waals surface area contributed by atoms with E-state index in [1.54, 1.807) is 18.2 Å². The zero-order valence-corrected chi connectivity index (χ0v) is 10.2. The molecule has 0 aliphatic carbocycles. The predicted octanol–water partition coefficient (Wildman–Crippen LogP) is 0.851. The van der Waals surface area contributed by atoms with E-state index in [4.69, 9.17) is 16.7 Å². The third kappa shape index (κ3) is 1.93. The summed E-state index contributed by atoms with van der Waals surface area (Å²) in [7, 11) is 0. The minimum Gasteiger partial charge on any atom is -0.481 e. The second kappa shape index (κ2) is 4.06. The van der Waals surface area contributed by atoms with Crippen molar-refractivity contribution in [3.8, 4) is 0 Å². The van der Waals surface area contributed by atoms with Gasteiger partial charge >= 0.3 is 5.97 Å². The Hall–Kier alpha value is -2.41. The Morgan fingerprint density at radius 1 is 1.47 bits per heavy atom. The van der Waals surface area contributed by atoms with Crippen LogP contribution in [0.3, 0.4) is 0 Å². The number of halogens is 1. The quantitative estimate of drug-likeness (QED) is 0.724. The van der Waals surface area contributed by atoms with Crippen molar-refractivity contribution in [2.45, 2.75) is 6.42 Å². The number of rotatable bonds is 2. The fourth-order valence-electron chi connectivity index (χ4n) is 1.85. The van der Waals surface area contributed by atoms with Crippen LogP contribution < -0.4 is 5.56 Å². The topological polar surface area (TPSA) is 100 Å². The van der Waals surface area contributed by atoms with Crippen molar-refractivity contribution >= 4 is 34.3 Å². The van der Waals surface area contributed by atoms with Crippen LogP contribution in [0.1, 0.15) is 5.82 Å². The molecule has 0 spiro atoms. The van der Waals surface area contributed by atoms with Crippen LogP contribution in [0.5, 0.6) is 0 Å². The number of hydrogen-bond acceptors (Lipinski definition) is 4. The SMILES string of the molecule is O=C(O)Cc1nc2c(=O)[nH]c3cc(Cl)ccc3n2n1. The highest BCUT2D eigenvalue weighted by Crippen LogP contribution is 2.16. The molecule has 0 aliphatic heterocycles. The van der Waals surface area contributed by atoms with Crippen LogP contribution in [-0.4, -0.2) is 30.7 Å². The van der Waals surface area contributed by atoms with Gasteiger partial charge in [0.25, 0.3) is 5.56 Å². The molecule has 96 valence electrons. The van der Waals surface area contributed by atoms with Gasteiger partial charge in [0.15, 0.2) is 5.82 Å². The van der Waals surface area contributed by atoms with E-state index >= 15 is 0 Å². The molecule has 2 N–H and O–H groups in total. The Balaban J connectivity index is 2.37. The predicted molar refractivity (Wildman–Crippen MR) is 67.5 cm³/mol. The Bertz CT molecular complexity index is 867. The van der Waals surface area contributed by atoms with Gasteiger partial charge in [-0.05, 0) is 18.2 Å². The van der Waals surface area contributed by atoms with Crippen LogP contribution in [0.25, 0.3) is 16.7 Å². The standard InChI is InChI=1S/C11H7ClN4O3/c12-5-1-2-7-6(3-5)13-11(19)10-14-8(4-9(17)18)15-16(7)10/h1-3H,4H2,(H,13,19)(H,17,18). The summed E-state index contributed by atoms with van der Waals surface area (Å²) in [4.78, 5) is 29.0. The first kappa shape index (κ1) is 11.7. The van der Waals surface area contributed by atoms with Gasteiger partial charge in [-0.1, -0.05) is 11.6 Å². The van der Waals surface area contributed by atoms with E-state index in [1.807, 2.05) is 0 Å². The van der Waals surface area contributed by atoms with Gasteiger partial charge in [-0.25, -0.2) is 9.50 Å². The average molecular weight is 279 g/mol. The molecule has 0 unspecified atom stereocenters. The molecule has 3 aromatic rings. The van der Waals surface area contributed by atoms with Gasteiger partial charge in [-0.3, -0.25) is 9.59 Å². The van der Waals surface area contributed by atoms with E-state index in [0.29, 0.717) is 16.1 Å². The summed E-state index contributed by atoms with van der Waals surface area (Å²) in [5.74, 6) is -0.972. The van der Waals surface area contributed by atoms with Gasteiger partial charge in [0, 0.05) is 5.02 Å². The van der Waals surface area contributed by atoms with Crippen molar-refractivity contribution in [3.05, 3.63) is 39.4 Å². The Labute approximate surface area is 110 Å². The minimum atomic E-state index is -1.06. The molecule has 1 aromatic carbocycles. The minimum absolute atomic E-state index is 0.0612.